The summed E-state index contributed by atoms with van der Waals surface area (Å²) >= 11 is 11.9. The van der Waals surface area contributed by atoms with Crippen LogP contribution in [0.15, 0.2) is 16.5 Å². The Bertz CT molecular complexity index is 561. The van der Waals surface area contributed by atoms with Crippen LogP contribution in [0, 0.1) is 0 Å². The normalized spacial score (nSPS) is 19.4. The van der Waals surface area contributed by atoms with E-state index in [2.05, 4.69) is 4.98 Å². The van der Waals surface area contributed by atoms with E-state index in [1.54, 1.807) is 12.1 Å². The quantitative estimate of drug-likeness (QED) is 0.868. The van der Waals surface area contributed by atoms with E-state index in [-0.39, 0.29) is 6.04 Å². The fourth-order valence-corrected chi connectivity index (χ4v) is 2.58. The van der Waals surface area contributed by atoms with Gasteiger partial charge in [-0.1, -0.05) is 11.6 Å². The van der Waals surface area contributed by atoms with Crippen LogP contribution >= 0.6 is 23.2 Å². The number of nitrogens with zero attached hydrogens (tertiary/aromatic N) is 2. The highest BCUT2D eigenvalue weighted by Gasteiger charge is 2.24. The van der Waals surface area contributed by atoms with E-state index in [4.69, 9.17) is 33.4 Å². The molecule has 6 heteroatoms. The zero-order valence-electron chi connectivity index (χ0n) is 8.99. The van der Waals surface area contributed by atoms with Crippen LogP contribution in [0.4, 0.5) is 0 Å². The molecule has 2 aromatic rings. The third-order valence-corrected chi connectivity index (χ3v) is 3.49. The Labute approximate surface area is 108 Å². The van der Waals surface area contributed by atoms with Gasteiger partial charge in [-0.3, -0.25) is 0 Å². The first-order valence-electron chi connectivity index (χ1n) is 5.41. The third kappa shape index (κ3) is 1.86. The van der Waals surface area contributed by atoms with E-state index in [0.29, 0.717) is 28.5 Å². The van der Waals surface area contributed by atoms with Crippen molar-refractivity contribution in [3.63, 3.8) is 0 Å². The Morgan fingerprint density at radius 1 is 1.41 bits per heavy atom. The summed E-state index contributed by atoms with van der Waals surface area (Å²) in [5.41, 5.74) is 6.99. The summed E-state index contributed by atoms with van der Waals surface area (Å²) in [5, 5.41) is 0.869. The highest BCUT2D eigenvalue weighted by Crippen LogP contribution is 2.31. The molecule has 90 valence electrons. The summed E-state index contributed by atoms with van der Waals surface area (Å²) < 4.78 is 7.39. The Hall–Kier alpha value is -0.970. The van der Waals surface area contributed by atoms with Crippen LogP contribution in [0.2, 0.25) is 10.4 Å². The summed E-state index contributed by atoms with van der Waals surface area (Å²) in [4.78, 5) is 4.33. The Morgan fingerprint density at radius 2 is 2.24 bits per heavy atom. The van der Waals surface area contributed by atoms with Crippen LogP contribution in [-0.2, 0) is 13.0 Å². The third-order valence-electron chi connectivity index (χ3n) is 2.99. The van der Waals surface area contributed by atoms with Crippen molar-refractivity contribution in [1.82, 2.24) is 9.55 Å². The fourth-order valence-electron chi connectivity index (χ4n) is 2.16. The molecule has 1 atom stereocenters. The number of furan rings is 1. The Kier molecular flexibility index (Phi) is 2.65. The van der Waals surface area contributed by atoms with Gasteiger partial charge in [0.1, 0.15) is 0 Å². The van der Waals surface area contributed by atoms with Crippen molar-refractivity contribution >= 4 is 23.2 Å². The number of rotatable bonds is 1. The van der Waals surface area contributed by atoms with Gasteiger partial charge in [0, 0.05) is 12.6 Å². The van der Waals surface area contributed by atoms with Gasteiger partial charge < -0.3 is 14.7 Å². The number of fused-ring (bicyclic) bond motifs is 1. The van der Waals surface area contributed by atoms with Crippen LogP contribution in [-0.4, -0.2) is 15.6 Å². The first-order valence-corrected chi connectivity index (χ1v) is 6.17. The van der Waals surface area contributed by atoms with E-state index in [1.807, 2.05) is 4.57 Å². The molecule has 0 fully saturated rings. The lowest BCUT2D eigenvalue weighted by molar-refractivity contribution is 0.458. The number of aromatic nitrogens is 2. The second-order valence-electron chi connectivity index (χ2n) is 4.19. The van der Waals surface area contributed by atoms with E-state index < -0.39 is 0 Å². The van der Waals surface area contributed by atoms with Crippen molar-refractivity contribution < 1.29 is 4.42 Å². The van der Waals surface area contributed by atoms with E-state index >= 15 is 0 Å². The highest BCUT2D eigenvalue weighted by molar-refractivity contribution is 6.30. The lowest BCUT2D eigenvalue weighted by atomic mass is 10.1. The lowest BCUT2D eigenvalue weighted by Crippen LogP contribution is -2.32. The van der Waals surface area contributed by atoms with E-state index in [9.17, 15) is 0 Å². The van der Waals surface area contributed by atoms with Crippen molar-refractivity contribution in [3.8, 4) is 11.6 Å². The molecule has 3 heterocycles. The van der Waals surface area contributed by atoms with Crippen LogP contribution in [0.3, 0.4) is 0 Å². The van der Waals surface area contributed by atoms with Gasteiger partial charge in [0.15, 0.2) is 22.0 Å². The zero-order chi connectivity index (χ0) is 12.0. The molecule has 0 saturated heterocycles. The predicted molar refractivity (Wildman–Crippen MR) is 66.2 cm³/mol. The van der Waals surface area contributed by atoms with Gasteiger partial charge in [-0.05, 0) is 36.6 Å². The second kappa shape index (κ2) is 4.05. The van der Waals surface area contributed by atoms with Gasteiger partial charge in [0.2, 0.25) is 0 Å². The molecular formula is C11H11Cl2N3O. The van der Waals surface area contributed by atoms with Crippen LogP contribution < -0.4 is 5.73 Å². The molecule has 4 nitrogen and oxygen atoms in total. The summed E-state index contributed by atoms with van der Waals surface area (Å²) in [6.45, 7) is 0.711. The molecule has 2 aromatic heterocycles. The number of hydrogen-bond acceptors (Lipinski definition) is 3. The first-order chi connectivity index (χ1) is 8.15. The molecule has 3 rings (SSSR count). The maximum absolute atomic E-state index is 6.12. The average Bonchev–Trinajstić information content (AvgIpc) is 2.83. The minimum Gasteiger partial charge on any atom is -0.441 e. The molecule has 0 spiro atoms. The molecule has 0 amide bonds. The van der Waals surface area contributed by atoms with Crippen molar-refractivity contribution in [3.05, 3.63) is 28.2 Å². The van der Waals surface area contributed by atoms with Crippen molar-refractivity contribution in [2.24, 2.45) is 5.73 Å². The molecule has 0 aliphatic carbocycles. The van der Waals surface area contributed by atoms with Gasteiger partial charge >= 0.3 is 0 Å². The number of imidazole rings is 1. The van der Waals surface area contributed by atoms with Crippen molar-refractivity contribution in [2.75, 3.05) is 0 Å². The zero-order valence-corrected chi connectivity index (χ0v) is 10.5. The van der Waals surface area contributed by atoms with E-state index in [1.165, 1.54) is 0 Å². The summed E-state index contributed by atoms with van der Waals surface area (Å²) in [7, 11) is 0. The molecule has 1 aliphatic rings. The summed E-state index contributed by atoms with van der Waals surface area (Å²) in [5.74, 6) is 1.32. The van der Waals surface area contributed by atoms with Gasteiger partial charge in [-0.15, -0.1) is 0 Å². The molecule has 17 heavy (non-hydrogen) atoms. The van der Waals surface area contributed by atoms with Gasteiger partial charge in [0.25, 0.3) is 0 Å². The minimum absolute atomic E-state index is 0.136. The first kappa shape index (κ1) is 11.1. The van der Waals surface area contributed by atoms with Crippen LogP contribution in [0.1, 0.15) is 12.1 Å². The van der Waals surface area contributed by atoms with Gasteiger partial charge in [-0.25, -0.2) is 4.98 Å². The molecule has 0 saturated carbocycles. The van der Waals surface area contributed by atoms with Crippen LogP contribution in [0.5, 0.6) is 0 Å². The van der Waals surface area contributed by atoms with Gasteiger partial charge in [0.05, 0.1) is 5.69 Å². The SMILES string of the molecule is NC1CCc2c(Cl)nc(-c3ccc(Cl)o3)n2C1. The smallest absolute Gasteiger partial charge is 0.194 e. The predicted octanol–water partition coefficient (Wildman–Crippen LogP) is 2.72. The summed E-state index contributed by atoms with van der Waals surface area (Å²) in [6.07, 6.45) is 1.78. The van der Waals surface area contributed by atoms with E-state index in [0.717, 1.165) is 18.5 Å². The standard InChI is InChI=1S/C11H11Cl2N3O/c12-9-4-3-8(17-9)11-15-10(13)7-2-1-6(14)5-16(7)11/h3-4,6H,1-2,5,14H2. The monoisotopic (exact) mass is 271 g/mol. The molecule has 2 N–H and O–H groups in total. The average molecular weight is 272 g/mol. The number of hydrogen-bond donors (Lipinski definition) is 1. The van der Waals surface area contributed by atoms with Gasteiger partial charge in [-0.2, -0.15) is 0 Å². The molecule has 0 radical (unpaired) electrons. The topological polar surface area (TPSA) is 57.0 Å². The number of nitrogens with two attached hydrogens (primary N) is 1. The second-order valence-corrected chi connectivity index (χ2v) is 4.92. The van der Waals surface area contributed by atoms with Crippen LogP contribution in [0.25, 0.3) is 11.6 Å². The lowest BCUT2D eigenvalue weighted by Gasteiger charge is -2.21. The largest absolute Gasteiger partial charge is 0.441 e. The Morgan fingerprint density at radius 3 is 2.94 bits per heavy atom. The molecule has 0 aromatic carbocycles. The maximum atomic E-state index is 6.12. The number of halogens is 2. The maximum Gasteiger partial charge on any atom is 0.194 e. The minimum atomic E-state index is 0.136. The molecule has 1 aliphatic heterocycles. The summed E-state index contributed by atoms with van der Waals surface area (Å²) in [6, 6.07) is 3.61. The molecular weight excluding hydrogens is 261 g/mol. The molecule has 0 bridgehead atoms. The van der Waals surface area contributed by atoms with Crippen molar-refractivity contribution in [1.29, 1.82) is 0 Å². The fraction of sp³-hybridized carbons (Fsp3) is 0.364. The molecule has 1 unspecified atom stereocenters. The highest BCUT2D eigenvalue weighted by atomic mass is 35.5. The Balaban J connectivity index is 2.12. The van der Waals surface area contributed by atoms with Crippen molar-refractivity contribution in [2.45, 2.75) is 25.4 Å².